The van der Waals surface area contributed by atoms with Crippen molar-refractivity contribution in [3.8, 4) is 0 Å². The molecule has 7 heteroatoms. The Hall–Kier alpha value is -2.41. The molecule has 0 bridgehead atoms. The highest BCUT2D eigenvalue weighted by Gasteiger charge is 2.32. The molecule has 6 nitrogen and oxygen atoms in total. The molecule has 0 N–H and O–H groups in total. The topological polar surface area (TPSA) is 56.0 Å². The van der Waals surface area contributed by atoms with Gasteiger partial charge in [0.1, 0.15) is 11.5 Å². The van der Waals surface area contributed by atoms with Crippen LogP contribution < -0.4 is 0 Å². The highest BCUT2D eigenvalue weighted by molar-refractivity contribution is 7.07. The van der Waals surface area contributed by atoms with E-state index in [2.05, 4.69) is 24.5 Å². The zero-order chi connectivity index (χ0) is 18.2. The summed E-state index contributed by atoms with van der Waals surface area (Å²) < 4.78 is 4.34. The molecule has 0 radical (unpaired) electrons. The van der Waals surface area contributed by atoms with Crippen LogP contribution in [0, 0.1) is 0 Å². The first kappa shape index (κ1) is 16.7. The quantitative estimate of drug-likeness (QED) is 0.679. The molecule has 1 saturated heterocycles. The van der Waals surface area contributed by atoms with E-state index in [0.29, 0.717) is 6.04 Å². The van der Waals surface area contributed by atoms with Crippen LogP contribution in [-0.4, -0.2) is 43.0 Å². The standard InChI is InChI=1S/C20H23N5OS/c26-20(18-4-2-9-25(18)17-5-6-17)24-8-1-3-15(11-24)19-21-7-10-23(19)12-16-13-27-14-22-16/h2,4,7,9-10,13-15,17H,1,3,5-6,8,11-12H2/t15-/m1/s1. The number of thiazole rings is 1. The second-order valence-corrected chi connectivity index (χ2v) is 8.23. The van der Waals surface area contributed by atoms with E-state index in [1.54, 1.807) is 11.3 Å². The Labute approximate surface area is 162 Å². The maximum atomic E-state index is 13.1. The van der Waals surface area contributed by atoms with Crippen molar-refractivity contribution in [3.05, 3.63) is 58.8 Å². The summed E-state index contributed by atoms with van der Waals surface area (Å²) in [7, 11) is 0. The highest BCUT2D eigenvalue weighted by atomic mass is 32.1. The number of hydrogen-bond acceptors (Lipinski definition) is 4. The third-order valence-electron chi connectivity index (χ3n) is 5.58. The minimum Gasteiger partial charge on any atom is -0.340 e. The number of likely N-dealkylation sites (tertiary alicyclic amines) is 1. The molecule has 1 amide bonds. The fourth-order valence-electron chi connectivity index (χ4n) is 4.08. The molecule has 1 atom stereocenters. The lowest BCUT2D eigenvalue weighted by molar-refractivity contribution is 0.0692. The van der Waals surface area contributed by atoms with Gasteiger partial charge in [-0.05, 0) is 37.8 Å². The van der Waals surface area contributed by atoms with E-state index < -0.39 is 0 Å². The molecule has 0 aromatic carbocycles. The van der Waals surface area contributed by atoms with Crippen molar-refractivity contribution in [2.45, 2.75) is 44.2 Å². The normalized spacial score (nSPS) is 20.1. The fraction of sp³-hybridized carbons (Fsp3) is 0.450. The Balaban J connectivity index is 1.33. The average Bonchev–Trinajstić information content (AvgIpc) is 3.09. The van der Waals surface area contributed by atoms with E-state index in [0.717, 1.165) is 49.7 Å². The Kier molecular flexibility index (Phi) is 4.32. The predicted octanol–water partition coefficient (Wildman–Crippen LogP) is 3.54. The molecule has 0 unspecified atom stereocenters. The van der Waals surface area contributed by atoms with Gasteiger partial charge in [-0.1, -0.05) is 0 Å². The molecule has 5 rings (SSSR count). The first-order valence-electron chi connectivity index (χ1n) is 9.64. The van der Waals surface area contributed by atoms with Crippen molar-refractivity contribution in [2.24, 2.45) is 0 Å². The van der Waals surface area contributed by atoms with Crippen LogP contribution in [0.1, 0.15) is 59.6 Å². The number of carbonyl (C=O) groups is 1. The number of rotatable bonds is 5. The number of piperidine rings is 1. The molecule has 4 heterocycles. The maximum Gasteiger partial charge on any atom is 0.270 e. The van der Waals surface area contributed by atoms with Crippen molar-refractivity contribution in [1.82, 2.24) is 24.0 Å². The van der Waals surface area contributed by atoms with E-state index >= 15 is 0 Å². The number of amides is 1. The molecule has 1 saturated carbocycles. The summed E-state index contributed by atoms with van der Waals surface area (Å²) in [4.78, 5) is 24.2. The summed E-state index contributed by atoms with van der Waals surface area (Å²) in [5, 5.41) is 2.08. The van der Waals surface area contributed by atoms with Gasteiger partial charge in [0.15, 0.2) is 0 Å². The summed E-state index contributed by atoms with van der Waals surface area (Å²) in [5.41, 5.74) is 3.76. The molecule has 0 spiro atoms. The molecule has 27 heavy (non-hydrogen) atoms. The van der Waals surface area contributed by atoms with E-state index in [9.17, 15) is 4.79 Å². The van der Waals surface area contributed by atoms with Crippen LogP contribution in [0.4, 0.5) is 0 Å². The minimum atomic E-state index is 0.161. The van der Waals surface area contributed by atoms with Gasteiger partial charge in [-0.25, -0.2) is 9.97 Å². The van der Waals surface area contributed by atoms with Crippen LogP contribution in [0.25, 0.3) is 0 Å². The summed E-state index contributed by atoms with van der Waals surface area (Å²) in [6.45, 7) is 2.31. The lowest BCUT2D eigenvalue weighted by atomic mass is 9.96. The van der Waals surface area contributed by atoms with Crippen molar-refractivity contribution in [1.29, 1.82) is 0 Å². The van der Waals surface area contributed by atoms with Crippen molar-refractivity contribution >= 4 is 17.2 Å². The largest absolute Gasteiger partial charge is 0.340 e. The SMILES string of the molecule is O=C(c1cccn1C1CC1)N1CCC[C@@H](c2nccn2Cc2cscn2)C1. The van der Waals surface area contributed by atoms with Crippen LogP contribution in [0.15, 0.2) is 41.6 Å². The highest BCUT2D eigenvalue weighted by Crippen LogP contribution is 2.36. The number of nitrogens with zero attached hydrogens (tertiary/aromatic N) is 5. The minimum absolute atomic E-state index is 0.161. The van der Waals surface area contributed by atoms with E-state index in [4.69, 9.17) is 0 Å². The Bertz CT molecular complexity index is 924. The number of hydrogen-bond donors (Lipinski definition) is 0. The molecule has 3 aromatic heterocycles. The van der Waals surface area contributed by atoms with Crippen LogP contribution in [0.3, 0.4) is 0 Å². The lowest BCUT2D eigenvalue weighted by Gasteiger charge is -2.33. The van der Waals surface area contributed by atoms with Gasteiger partial charge in [-0.15, -0.1) is 11.3 Å². The van der Waals surface area contributed by atoms with Crippen LogP contribution >= 0.6 is 11.3 Å². The third kappa shape index (κ3) is 3.32. The molecule has 1 aliphatic carbocycles. The Morgan fingerprint density at radius 1 is 1.22 bits per heavy atom. The molecular weight excluding hydrogens is 358 g/mol. The van der Waals surface area contributed by atoms with Gasteiger partial charge in [-0.3, -0.25) is 4.79 Å². The fourth-order valence-corrected chi connectivity index (χ4v) is 4.63. The van der Waals surface area contributed by atoms with Gasteiger partial charge in [0.2, 0.25) is 0 Å². The summed E-state index contributed by atoms with van der Waals surface area (Å²) in [6, 6.07) is 4.48. The van der Waals surface area contributed by atoms with Gasteiger partial charge in [0.25, 0.3) is 5.91 Å². The smallest absolute Gasteiger partial charge is 0.270 e. The van der Waals surface area contributed by atoms with Crippen molar-refractivity contribution < 1.29 is 4.79 Å². The van der Waals surface area contributed by atoms with Gasteiger partial charge >= 0.3 is 0 Å². The number of aromatic nitrogens is 4. The first-order chi connectivity index (χ1) is 13.3. The summed E-state index contributed by atoms with van der Waals surface area (Å²) in [6.07, 6.45) is 10.4. The average molecular weight is 382 g/mol. The van der Waals surface area contributed by atoms with Gasteiger partial charge in [0.05, 0.1) is 17.7 Å². The summed E-state index contributed by atoms with van der Waals surface area (Å²) >= 11 is 1.61. The third-order valence-corrected chi connectivity index (χ3v) is 6.21. The monoisotopic (exact) mass is 381 g/mol. The Morgan fingerprint density at radius 3 is 2.96 bits per heavy atom. The first-order valence-corrected chi connectivity index (χ1v) is 10.6. The van der Waals surface area contributed by atoms with Crippen molar-refractivity contribution in [3.63, 3.8) is 0 Å². The zero-order valence-corrected chi connectivity index (χ0v) is 16.0. The van der Waals surface area contributed by atoms with Crippen LogP contribution in [0.5, 0.6) is 0 Å². The van der Waals surface area contributed by atoms with Crippen LogP contribution in [-0.2, 0) is 6.54 Å². The van der Waals surface area contributed by atoms with Gasteiger partial charge in [-0.2, -0.15) is 0 Å². The van der Waals surface area contributed by atoms with Gasteiger partial charge in [0, 0.05) is 49.0 Å². The Morgan fingerprint density at radius 2 is 2.15 bits per heavy atom. The second-order valence-electron chi connectivity index (χ2n) is 7.52. The van der Waals surface area contributed by atoms with Crippen LogP contribution in [0.2, 0.25) is 0 Å². The summed E-state index contributed by atoms with van der Waals surface area (Å²) in [5.74, 6) is 1.51. The van der Waals surface area contributed by atoms with E-state index in [-0.39, 0.29) is 11.8 Å². The van der Waals surface area contributed by atoms with E-state index in [1.165, 1.54) is 12.8 Å². The zero-order valence-electron chi connectivity index (χ0n) is 15.2. The predicted molar refractivity (Wildman–Crippen MR) is 104 cm³/mol. The number of imidazole rings is 1. The van der Waals surface area contributed by atoms with Gasteiger partial charge < -0.3 is 14.0 Å². The second kappa shape index (κ2) is 6.96. The molecular formula is C20H23N5OS. The lowest BCUT2D eigenvalue weighted by Crippen LogP contribution is -2.40. The molecule has 3 aromatic rings. The maximum absolute atomic E-state index is 13.1. The van der Waals surface area contributed by atoms with E-state index in [1.807, 2.05) is 41.1 Å². The molecule has 1 aliphatic heterocycles. The molecule has 2 aliphatic rings. The molecule has 2 fully saturated rings. The number of carbonyl (C=O) groups excluding carboxylic acids is 1. The molecule has 140 valence electrons. The van der Waals surface area contributed by atoms with Crippen molar-refractivity contribution in [2.75, 3.05) is 13.1 Å².